The van der Waals surface area contributed by atoms with Gasteiger partial charge in [0, 0.05) is 43.0 Å². The third-order valence-electron chi connectivity index (χ3n) is 6.21. The highest BCUT2D eigenvalue weighted by Crippen LogP contribution is 2.30. The topological polar surface area (TPSA) is 62.2 Å². The van der Waals surface area contributed by atoms with Crippen molar-refractivity contribution >= 4 is 11.6 Å². The summed E-state index contributed by atoms with van der Waals surface area (Å²) in [5.74, 6) is 0.728. The first-order valence-corrected chi connectivity index (χ1v) is 11.3. The van der Waals surface area contributed by atoms with Gasteiger partial charge in [0.25, 0.3) is 5.91 Å². The number of piperidine rings is 1. The van der Waals surface area contributed by atoms with Crippen LogP contribution in [0.5, 0.6) is 17.2 Å². The van der Waals surface area contributed by atoms with Gasteiger partial charge >= 0.3 is 0 Å². The molecule has 1 amide bonds. The predicted octanol–water partition coefficient (Wildman–Crippen LogP) is 4.86. The standard InChI is InChI=1S/C27H29FN2O4/c1-33-24-5-3-4-23(17-24)30(27(32)20-7-9-21(28)10-8-20)22-12-14-29(15-13-22)18-19-6-11-25(31)26(16-19)34-2/h3-11,16-17,22,31H,12-15,18H2,1-2H3. The highest BCUT2D eigenvalue weighted by Gasteiger charge is 2.30. The van der Waals surface area contributed by atoms with Crippen LogP contribution in [-0.4, -0.2) is 49.3 Å². The van der Waals surface area contributed by atoms with E-state index in [0.29, 0.717) is 17.1 Å². The van der Waals surface area contributed by atoms with Gasteiger partial charge in [0.05, 0.1) is 14.2 Å². The Morgan fingerprint density at radius 1 is 1.03 bits per heavy atom. The number of rotatable bonds is 7. The molecule has 0 spiro atoms. The number of ether oxygens (including phenoxy) is 2. The van der Waals surface area contributed by atoms with Crippen LogP contribution in [0.3, 0.4) is 0 Å². The van der Waals surface area contributed by atoms with E-state index in [0.717, 1.165) is 43.7 Å². The number of carbonyl (C=O) groups is 1. The van der Waals surface area contributed by atoms with Crippen molar-refractivity contribution in [3.63, 3.8) is 0 Å². The number of carbonyl (C=O) groups excluding carboxylic acids is 1. The number of amides is 1. The molecule has 3 aromatic rings. The quantitative estimate of drug-likeness (QED) is 0.541. The molecule has 0 saturated carbocycles. The Labute approximate surface area is 199 Å². The number of benzene rings is 3. The van der Waals surface area contributed by atoms with Gasteiger partial charge in [-0.3, -0.25) is 9.69 Å². The molecule has 178 valence electrons. The van der Waals surface area contributed by atoms with E-state index in [1.165, 1.54) is 31.4 Å². The lowest BCUT2D eigenvalue weighted by Crippen LogP contribution is -2.47. The minimum atomic E-state index is -0.372. The molecule has 0 unspecified atom stereocenters. The van der Waals surface area contributed by atoms with Crippen LogP contribution in [-0.2, 0) is 6.54 Å². The normalized spacial score (nSPS) is 14.6. The molecule has 34 heavy (non-hydrogen) atoms. The van der Waals surface area contributed by atoms with Crippen LogP contribution in [0.4, 0.5) is 10.1 Å². The number of methoxy groups -OCH3 is 2. The minimum absolute atomic E-state index is 0.00439. The second-order valence-electron chi connectivity index (χ2n) is 8.40. The van der Waals surface area contributed by atoms with Gasteiger partial charge in [0.2, 0.25) is 0 Å². The van der Waals surface area contributed by atoms with Crippen molar-refractivity contribution in [2.75, 3.05) is 32.2 Å². The number of nitrogens with zero attached hydrogens (tertiary/aromatic N) is 2. The molecule has 1 fully saturated rings. The van der Waals surface area contributed by atoms with E-state index in [9.17, 15) is 14.3 Å². The predicted molar refractivity (Wildman–Crippen MR) is 129 cm³/mol. The minimum Gasteiger partial charge on any atom is -0.504 e. The SMILES string of the molecule is COc1cccc(N(C(=O)c2ccc(F)cc2)C2CCN(Cc3ccc(O)c(OC)c3)CC2)c1. The molecular formula is C27H29FN2O4. The summed E-state index contributed by atoms with van der Waals surface area (Å²) >= 11 is 0. The third-order valence-corrected chi connectivity index (χ3v) is 6.21. The molecule has 0 atom stereocenters. The van der Waals surface area contributed by atoms with E-state index in [2.05, 4.69) is 4.90 Å². The molecule has 1 heterocycles. The van der Waals surface area contributed by atoms with Crippen LogP contribution in [0.25, 0.3) is 0 Å². The van der Waals surface area contributed by atoms with Crippen LogP contribution < -0.4 is 14.4 Å². The summed E-state index contributed by atoms with van der Waals surface area (Å²) in [5.41, 5.74) is 2.26. The van der Waals surface area contributed by atoms with Gasteiger partial charge in [-0.2, -0.15) is 0 Å². The molecule has 4 rings (SSSR count). The molecule has 1 N–H and O–H groups in total. The first kappa shape index (κ1) is 23.6. The maximum atomic E-state index is 13.5. The first-order valence-electron chi connectivity index (χ1n) is 11.3. The number of hydrogen-bond donors (Lipinski definition) is 1. The summed E-state index contributed by atoms with van der Waals surface area (Å²) in [7, 11) is 3.14. The highest BCUT2D eigenvalue weighted by molar-refractivity contribution is 6.06. The molecule has 1 aliphatic heterocycles. The molecule has 0 aromatic heterocycles. The van der Waals surface area contributed by atoms with Gasteiger partial charge in [0.15, 0.2) is 11.5 Å². The maximum absolute atomic E-state index is 13.5. The smallest absolute Gasteiger partial charge is 0.258 e. The fourth-order valence-electron chi connectivity index (χ4n) is 4.40. The molecular weight excluding hydrogens is 435 g/mol. The third kappa shape index (κ3) is 5.31. The number of hydrogen-bond acceptors (Lipinski definition) is 5. The summed E-state index contributed by atoms with van der Waals surface area (Å²) < 4.78 is 24.1. The lowest BCUT2D eigenvalue weighted by atomic mass is 10.00. The Bertz CT molecular complexity index is 1130. The Morgan fingerprint density at radius 3 is 2.44 bits per heavy atom. The molecule has 0 aliphatic carbocycles. The van der Waals surface area contributed by atoms with E-state index in [-0.39, 0.29) is 23.5 Å². The zero-order valence-electron chi connectivity index (χ0n) is 19.4. The van der Waals surface area contributed by atoms with E-state index in [1.54, 1.807) is 13.2 Å². The molecule has 7 heteroatoms. The van der Waals surface area contributed by atoms with Crippen molar-refractivity contribution < 1.29 is 23.8 Å². The van der Waals surface area contributed by atoms with Crippen molar-refractivity contribution in [1.29, 1.82) is 0 Å². The summed E-state index contributed by atoms with van der Waals surface area (Å²) in [6, 6.07) is 18.5. The second kappa shape index (κ2) is 10.6. The number of halogens is 1. The summed E-state index contributed by atoms with van der Waals surface area (Å²) in [5, 5.41) is 9.84. The van der Waals surface area contributed by atoms with Crippen LogP contribution in [0.2, 0.25) is 0 Å². The van der Waals surface area contributed by atoms with E-state index in [1.807, 2.05) is 41.3 Å². The van der Waals surface area contributed by atoms with Crippen LogP contribution in [0.1, 0.15) is 28.8 Å². The van der Waals surface area contributed by atoms with Gasteiger partial charge in [-0.15, -0.1) is 0 Å². The van der Waals surface area contributed by atoms with Crippen LogP contribution >= 0.6 is 0 Å². The zero-order chi connectivity index (χ0) is 24.1. The van der Waals surface area contributed by atoms with Gasteiger partial charge in [-0.1, -0.05) is 12.1 Å². The van der Waals surface area contributed by atoms with Gasteiger partial charge in [-0.05, 0) is 66.9 Å². The number of phenolic OH excluding ortho intramolecular Hbond substituents is 1. The van der Waals surface area contributed by atoms with E-state index in [4.69, 9.17) is 9.47 Å². The number of likely N-dealkylation sites (tertiary alicyclic amines) is 1. The van der Waals surface area contributed by atoms with E-state index < -0.39 is 0 Å². The molecule has 0 radical (unpaired) electrons. The van der Waals surface area contributed by atoms with Crippen LogP contribution in [0, 0.1) is 5.82 Å². The summed E-state index contributed by atoms with van der Waals surface area (Å²) in [6.07, 6.45) is 1.58. The van der Waals surface area contributed by atoms with Crippen molar-refractivity contribution in [1.82, 2.24) is 4.90 Å². The maximum Gasteiger partial charge on any atom is 0.258 e. The van der Waals surface area contributed by atoms with Crippen molar-refractivity contribution in [3.8, 4) is 17.2 Å². The lowest BCUT2D eigenvalue weighted by Gasteiger charge is -2.38. The lowest BCUT2D eigenvalue weighted by molar-refractivity contribution is 0.0958. The molecule has 6 nitrogen and oxygen atoms in total. The molecule has 0 bridgehead atoms. The average molecular weight is 465 g/mol. The van der Waals surface area contributed by atoms with Crippen molar-refractivity contribution in [3.05, 3.63) is 83.7 Å². The fourth-order valence-corrected chi connectivity index (χ4v) is 4.40. The number of phenols is 1. The largest absolute Gasteiger partial charge is 0.504 e. The van der Waals surface area contributed by atoms with Crippen LogP contribution in [0.15, 0.2) is 66.7 Å². The number of anilines is 1. The molecule has 3 aromatic carbocycles. The zero-order valence-corrected chi connectivity index (χ0v) is 19.4. The van der Waals surface area contributed by atoms with Gasteiger partial charge in [-0.25, -0.2) is 4.39 Å². The molecule has 1 saturated heterocycles. The Kier molecular flexibility index (Phi) is 7.33. The molecule has 1 aliphatic rings. The second-order valence-corrected chi connectivity index (χ2v) is 8.40. The van der Waals surface area contributed by atoms with Crippen molar-refractivity contribution in [2.45, 2.75) is 25.4 Å². The first-order chi connectivity index (χ1) is 16.5. The summed E-state index contributed by atoms with van der Waals surface area (Å²) in [4.78, 5) is 17.7. The highest BCUT2D eigenvalue weighted by atomic mass is 19.1. The fraction of sp³-hybridized carbons (Fsp3) is 0.296. The number of aromatic hydroxyl groups is 1. The van der Waals surface area contributed by atoms with E-state index >= 15 is 0 Å². The Morgan fingerprint density at radius 2 is 1.76 bits per heavy atom. The van der Waals surface area contributed by atoms with Crippen molar-refractivity contribution in [2.24, 2.45) is 0 Å². The van der Waals surface area contributed by atoms with Gasteiger partial charge in [0.1, 0.15) is 11.6 Å². The Balaban J connectivity index is 1.52. The van der Waals surface area contributed by atoms with Gasteiger partial charge < -0.3 is 19.5 Å². The average Bonchev–Trinajstić information content (AvgIpc) is 2.87. The Hall–Kier alpha value is -3.58. The monoisotopic (exact) mass is 464 g/mol. The summed E-state index contributed by atoms with van der Waals surface area (Å²) in [6.45, 7) is 2.35.